The highest BCUT2D eigenvalue weighted by Gasteiger charge is 2.33. The molecule has 2 N–H and O–H groups in total. The number of carbonyl (C=O) groups excluding carboxylic acids is 1. The summed E-state index contributed by atoms with van der Waals surface area (Å²) in [7, 11) is -2.95. The summed E-state index contributed by atoms with van der Waals surface area (Å²) in [6.07, 6.45) is 3.44. The topological polar surface area (TPSA) is 140 Å². The number of hydrogen-bond donors (Lipinski definition) is 1. The van der Waals surface area contributed by atoms with Crippen LogP contribution in [0.3, 0.4) is 0 Å². The second kappa shape index (κ2) is 15.4. The predicted molar refractivity (Wildman–Crippen MR) is 191 cm³/mol. The van der Waals surface area contributed by atoms with Gasteiger partial charge in [0.25, 0.3) is 15.9 Å². The van der Waals surface area contributed by atoms with Gasteiger partial charge in [0.2, 0.25) is 11.8 Å². The summed E-state index contributed by atoms with van der Waals surface area (Å²) in [5.74, 6) is -0.293. The Morgan fingerprint density at radius 1 is 1.04 bits per heavy atom. The molecule has 11 nitrogen and oxygen atoms in total. The second-order valence-corrected chi connectivity index (χ2v) is 14.1. The molecule has 5 rings (SSSR count). The van der Waals surface area contributed by atoms with Gasteiger partial charge in [-0.15, -0.1) is 0 Å². The standard InChI is InChI=1S/C37H42N6O5S/c1-25(2)17-30-23-48-34-19-33(35-26(3)11-9-12-27(35)4)40-37(41-34)42(24-47-5)49(45,46)32-16-10-15-29(18-32)36(44)43(30)31(20-38)22-39-21-28-13-7-6-8-14-28/h6-16,18-20,22,25,30H,17,21,23-24,38H2,1-5H3/b31-20+,39-22?/t30-/m1/s1. The molecule has 1 aliphatic heterocycles. The summed E-state index contributed by atoms with van der Waals surface area (Å²) in [5, 5.41) is 0. The van der Waals surface area contributed by atoms with Crippen LogP contribution in [-0.4, -0.2) is 61.9 Å². The number of anilines is 1. The van der Waals surface area contributed by atoms with E-state index in [2.05, 4.69) is 23.8 Å². The van der Waals surface area contributed by atoms with Crippen molar-refractivity contribution in [2.24, 2.45) is 16.6 Å². The third-order valence-electron chi connectivity index (χ3n) is 8.11. The number of benzene rings is 3. The molecule has 12 heteroatoms. The fourth-order valence-corrected chi connectivity index (χ4v) is 7.16. The maximum Gasteiger partial charge on any atom is 0.268 e. The number of nitrogens with two attached hydrogens (primary N) is 1. The summed E-state index contributed by atoms with van der Waals surface area (Å²) >= 11 is 0. The molecule has 1 aliphatic rings. The number of fused-ring (bicyclic) bond motifs is 4. The first-order valence-corrected chi connectivity index (χ1v) is 17.5. The van der Waals surface area contributed by atoms with Crippen LogP contribution < -0.4 is 14.8 Å². The van der Waals surface area contributed by atoms with E-state index in [1.807, 2.05) is 62.4 Å². The van der Waals surface area contributed by atoms with E-state index in [0.717, 1.165) is 26.6 Å². The summed E-state index contributed by atoms with van der Waals surface area (Å²) in [6.45, 7) is 8.05. The molecule has 0 unspecified atom stereocenters. The molecule has 49 heavy (non-hydrogen) atoms. The molecule has 1 atom stereocenters. The van der Waals surface area contributed by atoms with Crippen LogP contribution in [-0.2, 0) is 21.3 Å². The number of amides is 1. The molecule has 0 radical (unpaired) electrons. The summed E-state index contributed by atoms with van der Waals surface area (Å²) in [6, 6.07) is 22.6. The van der Waals surface area contributed by atoms with Crippen LogP contribution in [0.5, 0.6) is 5.88 Å². The van der Waals surface area contributed by atoms with Crippen molar-refractivity contribution in [1.29, 1.82) is 0 Å². The lowest BCUT2D eigenvalue weighted by Gasteiger charge is -2.33. The molecule has 256 valence electrons. The number of aromatic nitrogens is 2. The van der Waals surface area contributed by atoms with Gasteiger partial charge in [-0.25, -0.2) is 17.7 Å². The first kappa shape index (κ1) is 35.2. The minimum atomic E-state index is -4.33. The normalized spacial score (nSPS) is 16.7. The lowest BCUT2D eigenvalue weighted by atomic mass is 10.00. The molecular formula is C37H42N6O5S. The molecule has 2 heterocycles. The van der Waals surface area contributed by atoms with Crippen LogP contribution in [0.2, 0.25) is 0 Å². The lowest BCUT2D eigenvalue weighted by molar-refractivity contribution is 0.0680. The Hall–Kier alpha value is -5.07. The average molecular weight is 683 g/mol. The maximum absolute atomic E-state index is 14.5. The Morgan fingerprint density at radius 2 is 1.76 bits per heavy atom. The third kappa shape index (κ3) is 7.98. The van der Waals surface area contributed by atoms with Gasteiger partial charge in [0.1, 0.15) is 13.3 Å². The molecule has 4 aromatic rings. The predicted octanol–water partition coefficient (Wildman–Crippen LogP) is 5.88. The molecule has 4 bridgehead atoms. The van der Waals surface area contributed by atoms with Gasteiger partial charge in [-0.05, 0) is 61.1 Å². The van der Waals surface area contributed by atoms with Crippen molar-refractivity contribution in [2.75, 3.05) is 24.8 Å². The Balaban J connectivity index is 1.70. The number of carbonyl (C=O) groups is 1. The molecule has 1 amide bonds. The summed E-state index contributed by atoms with van der Waals surface area (Å²) in [5.41, 5.74) is 10.9. The number of rotatable bonds is 9. The van der Waals surface area contributed by atoms with Crippen LogP contribution in [0, 0.1) is 19.8 Å². The smallest absolute Gasteiger partial charge is 0.268 e. The van der Waals surface area contributed by atoms with Crippen LogP contribution in [0.1, 0.15) is 47.3 Å². The first-order valence-electron chi connectivity index (χ1n) is 16.0. The van der Waals surface area contributed by atoms with E-state index < -0.39 is 22.0 Å². The molecule has 3 aromatic carbocycles. The van der Waals surface area contributed by atoms with Crippen molar-refractivity contribution in [3.63, 3.8) is 0 Å². The zero-order valence-electron chi connectivity index (χ0n) is 28.4. The second-order valence-electron chi connectivity index (χ2n) is 12.3. The van der Waals surface area contributed by atoms with Gasteiger partial charge in [0.05, 0.1) is 28.9 Å². The zero-order valence-corrected chi connectivity index (χ0v) is 29.2. The number of sulfonamides is 1. The Kier molecular flexibility index (Phi) is 11.1. The van der Waals surface area contributed by atoms with Gasteiger partial charge in [-0.1, -0.05) is 68.4 Å². The molecule has 0 spiro atoms. The number of aryl methyl sites for hydroxylation is 2. The monoisotopic (exact) mass is 682 g/mol. The minimum Gasteiger partial charge on any atom is -0.475 e. The van der Waals surface area contributed by atoms with Gasteiger partial charge >= 0.3 is 0 Å². The van der Waals surface area contributed by atoms with Crippen LogP contribution in [0.4, 0.5) is 5.95 Å². The van der Waals surface area contributed by atoms with Gasteiger partial charge in [-0.2, -0.15) is 4.98 Å². The van der Waals surface area contributed by atoms with E-state index in [4.69, 9.17) is 20.2 Å². The maximum atomic E-state index is 14.5. The largest absolute Gasteiger partial charge is 0.475 e. The molecule has 1 aromatic heterocycles. The van der Waals surface area contributed by atoms with Gasteiger partial charge in [0.15, 0.2) is 0 Å². The van der Waals surface area contributed by atoms with Crippen molar-refractivity contribution in [1.82, 2.24) is 14.9 Å². The van der Waals surface area contributed by atoms with E-state index >= 15 is 0 Å². The number of nitrogens with zero attached hydrogens (tertiary/aromatic N) is 5. The Morgan fingerprint density at radius 3 is 2.43 bits per heavy atom. The average Bonchev–Trinajstić information content (AvgIpc) is 3.08. The van der Waals surface area contributed by atoms with Gasteiger partial charge < -0.3 is 15.2 Å². The molecule has 0 saturated carbocycles. The number of allylic oxidation sites excluding steroid dienone is 1. The number of aliphatic imine (C=N–C) groups is 1. The highest BCUT2D eigenvalue weighted by molar-refractivity contribution is 7.92. The van der Waals surface area contributed by atoms with Gasteiger partial charge in [-0.3, -0.25) is 14.7 Å². The highest BCUT2D eigenvalue weighted by atomic mass is 32.2. The lowest BCUT2D eigenvalue weighted by Crippen LogP contribution is -2.44. The van der Waals surface area contributed by atoms with Crippen LogP contribution >= 0.6 is 0 Å². The highest BCUT2D eigenvalue weighted by Crippen LogP contribution is 2.32. The quantitative estimate of drug-likeness (QED) is 0.216. The Bertz CT molecular complexity index is 1940. The number of ether oxygens (including phenoxy) is 2. The van der Waals surface area contributed by atoms with Crippen LogP contribution in [0.15, 0.2) is 101 Å². The number of methoxy groups -OCH3 is 1. The van der Waals surface area contributed by atoms with E-state index in [1.165, 1.54) is 31.5 Å². The van der Waals surface area contributed by atoms with Gasteiger partial charge in [0, 0.05) is 36.7 Å². The van der Waals surface area contributed by atoms with Crippen LogP contribution in [0.25, 0.3) is 11.3 Å². The fraction of sp³-hybridized carbons (Fsp3) is 0.297. The number of hydrogen-bond acceptors (Lipinski definition) is 9. The van der Waals surface area contributed by atoms with Crippen molar-refractivity contribution in [2.45, 2.75) is 51.6 Å². The fourth-order valence-electron chi connectivity index (χ4n) is 5.83. The van der Waals surface area contributed by atoms with Crippen molar-refractivity contribution < 1.29 is 22.7 Å². The first-order chi connectivity index (χ1) is 23.5. The third-order valence-corrected chi connectivity index (χ3v) is 9.81. The Labute approximate surface area is 288 Å². The van der Waals surface area contributed by atoms with Crippen molar-refractivity contribution in [3.05, 3.63) is 113 Å². The van der Waals surface area contributed by atoms with Crippen molar-refractivity contribution >= 4 is 28.1 Å². The summed E-state index contributed by atoms with van der Waals surface area (Å²) in [4.78, 5) is 29.8. The minimum absolute atomic E-state index is 0.0210. The van der Waals surface area contributed by atoms with E-state index in [-0.39, 0.29) is 41.5 Å². The summed E-state index contributed by atoms with van der Waals surface area (Å²) < 4.78 is 41.3. The van der Waals surface area contributed by atoms with Crippen molar-refractivity contribution in [3.8, 4) is 17.1 Å². The molecule has 0 saturated heterocycles. The molecule has 0 fully saturated rings. The SMILES string of the molecule is COCN1c2nc(cc(-c3c(C)cccc3C)n2)OC[C@@H](CC(C)C)N(/C(C=NCc2ccccc2)=C/N)C(=O)c2cccc(c2)S1(=O)=O. The van der Waals surface area contributed by atoms with E-state index in [9.17, 15) is 13.2 Å². The molecule has 0 aliphatic carbocycles. The van der Waals surface area contributed by atoms with E-state index in [0.29, 0.717) is 24.4 Å². The van der Waals surface area contributed by atoms with E-state index in [1.54, 1.807) is 23.2 Å². The zero-order chi connectivity index (χ0) is 35.1. The molecular weight excluding hydrogens is 641 g/mol.